The van der Waals surface area contributed by atoms with Gasteiger partial charge in [-0.25, -0.2) is 0 Å². The number of ether oxygens (including phenoxy) is 8. The minimum atomic E-state index is -2.22. The van der Waals surface area contributed by atoms with Gasteiger partial charge in [0.2, 0.25) is 6.29 Å². The Balaban J connectivity index is 1.53. The lowest BCUT2D eigenvalue weighted by Crippen LogP contribution is -2.52. The molecule has 3 N–H and O–H groups in total. The summed E-state index contributed by atoms with van der Waals surface area (Å²) in [5.74, 6) is -1.77. The smallest absolute Gasteiger partial charge is 0.312 e. The van der Waals surface area contributed by atoms with Crippen molar-refractivity contribution in [2.75, 3.05) is 41.7 Å². The van der Waals surface area contributed by atoms with E-state index < -0.39 is 53.8 Å². The zero-order valence-corrected chi connectivity index (χ0v) is 26.0. The molecule has 3 aromatic carbocycles. The molecule has 2 fully saturated rings. The number of aliphatic hydroxyl groups excluding tert-OH is 2. The van der Waals surface area contributed by atoms with Crippen molar-refractivity contribution in [3.63, 3.8) is 0 Å². The first-order chi connectivity index (χ1) is 22.3. The van der Waals surface area contributed by atoms with Crippen molar-refractivity contribution in [3.05, 3.63) is 83.4 Å². The summed E-state index contributed by atoms with van der Waals surface area (Å²) in [6.45, 7) is 0.121. The first kappa shape index (κ1) is 32.0. The Morgan fingerprint density at radius 3 is 2.33 bits per heavy atom. The van der Waals surface area contributed by atoms with Crippen LogP contribution in [0.2, 0.25) is 0 Å². The lowest BCUT2D eigenvalue weighted by atomic mass is 9.70. The molecule has 3 aliphatic rings. The molecule has 2 heterocycles. The van der Waals surface area contributed by atoms with Gasteiger partial charge in [0.05, 0.1) is 45.5 Å². The summed E-state index contributed by atoms with van der Waals surface area (Å²) >= 11 is 0. The largest absolute Gasteiger partial charge is 0.497 e. The number of aliphatic hydroxyl groups is 3. The first-order valence-electron chi connectivity index (χ1n) is 14.9. The van der Waals surface area contributed by atoms with Gasteiger partial charge >= 0.3 is 5.97 Å². The number of rotatable bonds is 10. The Kier molecular flexibility index (Phi) is 8.85. The third-order valence-corrected chi connectivity index (χ3v) is 9.12. The number of hydrogen-bond donors (Lipinski definition) is 3. The maximum Gasteiger partial charge on any atom is 0.312 e. The lowest BCUT2D eigenvalue weighted by Gasteiger charge is -2.40. The molecule has 1 saturated carbocycles. The van der Waals surface area contributed by atoms with Crippen molar-refractivity contribution >= 4 is 5.97 Å². The molecule has 246 valence electrons. The normalized spacial score (nSPS) is 31.4. The van der Waals surface area contributed by atoms with E-state index in [2.05, 4.69) is 0 Å². The van der Waals surface area contributed by atoms with Gasteiger partial charge in [-0.1, -0.05) is 42.5 Å². The second-order valence-corrected chi connectivity index (χ2v) is 11.4. The van der Waals surface area contributed by atoms with Crippen molar-refractivity contribution in [3.8, 4) is 23.0 Å². The zero-order chi connectivity index (χ0) is 32.6. The summed E-state index contributed by atoms with van der Waals surface area (Å²) in [5.41, 5.74) is -2.71. The minimum Gasteiger partial charge on any atom is -0.497 e. The van der Waals surface area contributed by atoms with E-state index in [1.54, 1.807) is 37.4 Å². The van der Waals surface area contributed by atoms with Crippen LogP contribution in [-0.4, -0.2) is 87.7 Å². The molecule has 46 heavy (non-hydrogen) atoms. The Hall–Kier alpha value is -3.91. The molecule has 8 atom stereocenters. The highest BCUT2D eigenvalue weighted by molar-refractivity contribution is 5.78. The molecule has 0 radical (unpaired) electrons. The lowest BCUT2D eigenvalue weighted by molar-refractivity contribution is -0.313. The predicted octanol–water partition coefficient (Wildman–Crippen LogP) is 2.60. The molecule has 0 unspecified atom stereocenters. The molecule has 12 heteroatoms. The third kappa shape index (κ3) is 4.88. The third-order valence-electron chi connectivity index (χ3n) is 9.12. The van der Waals surface area contributed by atoms with Crippen molar-refractivity contribution in [2.24, 2.45) is 5.92 Å². The SMILES string of the molecule is COC(=O)[C@H]1[C@@H](O)[C@@]2(O)c3c(OC)cc(O[C@@H]4O[C@@H](CCO)CO[C@@H]4OC)cc3O[C@@]2(c2ccc(OC)cc2)[C@@H]1c1ccccc1. The summed E-state index contributed by atoms with van der Waals surface area (Å²) in [5, 5.41) is 34.5. The van der Waals surface area contributed by atoms with Crippen LogP contribution in [0.25, 0.3) is 0 Å². The van der Waals surface area contributed by atoms with E-state index in [0.717, 1.165) is 0 Å². The molecule has 0 aromatic heterocycles. The highest BCUT2D eigenvalue weighted by atomic mass is 16.8. The maximum absolute atomic E-state index is 13.5. The Bertz CT molecular complexity index is 1530. The van der Waals surface area contributed by atoms with Gasteiger partial charge in [0.15, 0.2) is 11.2 Å². The Labute approximate surface area is 266 Å². The van der Waals surface area contributed by atoms with Crippen LogP contribution in [0.4, 0.5) is 0 Å². The Morgan fingerprint density at radius 2 is 1.70 bits per heavy atom. The average Bonchev–Trinajstić information content (AvgIpc) is 3.46. The molecular weight excluding hydrogens is 600 g/mol. The van der Waals surface area contributed by atoms with Crippen molar-refractivity contribution in [2.45, 2.75) is 48.3 Å². The molecule has 6 rings (SSSR count). The van der Waals surface area contributed by atoms with Crippen molar-refractivity contribution < 1.29 is 58.0 Å². The molecule has 0 amide bonds. The van der Waals surface area contributed by atoms with Gasteiger partial charge in [-0.3, -0.25) is 4.79 Å². The van der Waals surface area contributed by atoms with E-state index in [9.17, 15) is 20.1 Å². The fourth-order valence-corrected chi connectivity index (χ4v) is 7.12. The summed E-state index contributed by atoms with van der Waals surface area (Å²) in [7, 11) is 5.66. The van der Waals surface area contributed by atoms with Crippen LogP contribution in [0, 0.1) is 5.92 Å². The van der Waals surface area contributed by atoms with Gasteiger partial charge in [-0.05, 0) is 29.7 Å². The second kappa shape index (κ2) is 12.7. The van der Waals surface area contributed by atoms with Crippen LogP contribution in [0.15, 0.2) is 66.7 Å². The topological polar surface area (TPSA) is 152 Å². The number of esters is 1. The van der Waals surface area contributed by atoms with Gasteiger partial charge in [0.1, 0.15) is 29.1 Å². The van der Waals surface area contributed by atoms with Crippen LogP contribution in [-0.2, 0) is 34.9 Å². The molecule has 2 aliphatic heterocycles. The summed E-state index contributed by atoms with van der Waals surface area (Å²) in [6, 6.07) is 19.1. The monoisotopic (exact) mass is 638 g/mol. The highest BCUT2D eigenvalue weighted by Crippen LogP contribution is 2.70. The molecular formula is C34H38O12. The summed E-state index contributed by atoms with van der Waals surface area (Å²) < 4.78 is 46.6. The molecule has 0 spiro atoms. The highest BCUT2D eigenvalue weighted by Gasteiger charge is 2.78. The van der Waals surface area contributed by atoms with E-state index >= 15 is 0 Å². The summed E-state index contributed by atoms with van der Waals surface area (Å²) in [6.07, 6.45) is -3.66. The standard InChI is InChI=1S/C34H38O12/c1-39-21-12-10-20(11-13-21)34-27(19-8-6-5-7-9-19)26(30(37)41-3)29(36)33(34,38)28-24(40-2)16-23(17-25(28)46-34)45-32-31(42-4)43-18-22(44-32)14-15-35/h5-13,16-17,22,26-27,29,31-32,35-36,38H,14-15,18H2,1-4H3/t22-,26+,27+,29+,31-,32-,33-,34-/m0/s1. The fourth-order valence-electron chi connectivity index (χ4n) is 7.12. The molecule has 12 nitrogen and oxygen atoms in total. The summed E-state index contributed by atoms with van der Waals surface area (Å²) in [4.78, 5) is 13.5. The minimum absolute atomic E-state index is 0.0948. The van der Waals surface area contributed by atoms with Crippen LogP contribution < -0.4 is 18.9 Å². The van der Waals surface area contributed by atoms with Gasteiger partial charge in [-0.2, -0.15) is 0 Å². The number of benzene rings is 3. The number of hydrogen-bond acceptors (Lipinski definition) is 12. The zero-order valence-electron chi connectivity index (χ0n) is 26.0. The molecule has 1 aliphatic carbocycles. The van der Waals surface area contributed by atoms with E-state index in [0.29, 0.717) is 23.3 Å². The molecule has 3 aromatic rings. The number of carbonyl (C=O) groups is 1. The average molecular weight is 639 g/mol. The predicted molar refractivity (Wildman–Crippen MR) is 161 cm³/mol. The van der Waals surface area contributed by atoms with Crippen LogP contribution in [0.5, 0.6) is 23.0 Å². The van der Waals surface area contributed by atoms with E-state index in [1.165, 1.54) is 27.4 Å². The first-order valence-corrected chi connectivity index (χ1v) is 14.9. The van der Waals surface area contributed by atoms with E-state index in [1.807, 2.05) is 30.3 Å². The van der Waals surface area contributed by atoms with Crippen LogP contribution in [0.3, 0.4) is 0 Å². The molecule has 1 saturated heterocycles. The molecule has 0 bridgehead atoms. The van der Waals surface area contributed by atoms with Gasteiger partial charge in [0, 0.05) is 31.8 Å². The van der Waals surface area contributed by atoms with Gasteiger partial charge < -0.3 is 53.2 Å². The number of methoxy groups -OCH3 is 4. The van der Waals surface area contributed by atoms with Gasteiger partial charge in [-0.15, -0.1) is 0 Å². The number of fused-ring (bicyclic) bond motifs is 3. The van der Waals surface area contributed by atoms with Crippen molar-refractivity contribution in [1.82, 2.24) is 0 Å². The van der Waals surface area contributed by atoms with Crippen LogP contribution >= 0.6 is 0 Å². The quantitative estimate of drug-likeness (QED) is 0.280. The van der Waals surface area contributed by atoms with E-state index in [-0.39, 0.29) is 36.0 Å². The van der Waals surface area contributed by atoms with E-state index in [4.69, 9.17) is 37.9 Å². The fraction of sp³-hybridized carbons (Fsp3) is 0.441. The van der Waals surface area contributed by atoms with Crippen molar-refractivity contribution in [1.29, 1.82) is 0 Å². The van der Waals surface area contributed by atoms with Gasteiger partial charge in [0.25, 0.3) is 6.29 Å². The van der Waals surface area contributed by atoms with Crippen LogP contribution in [0.1, 0.15) is 29.0 Å². The number of carbonyl (C=O) groups excluding carboxylic acids is 1. The Morgan fingerprint density at radius 1 is 0.957 bits per heavy atom. The maximum atomic E-state index is 13.5. The second-order valence-electron chi connectivity index (χ2n) is 11.4.